The van der Waals surface area contributed by atoms with Gasteiger partial charge in [0.25, 0.3) is 0 Å². The molecule has 0 aliphatic rings. The number of hydrogen-bond donors (Lipinski definition) is 0. The lowest BCUT2D eigenvalue weighted by Gasteiger charge is -2.03. The molecule has 90 valence electrons. The fourth-order valence-corrected chi connectivity index (χ4v) is 2.01. The van der Waals surface area contributed by atoms with Crippen molar-refractivity contribution in [2.45, 2.75) is 46.1 Å². The van der Waals surface area contributed by atoms with Crippen molar-refractivity contribution < 1.29 is 4.79 Å². The van der Waals surface area contributed by atoms with Crippen molar-refractivity contribution in [3.05, 3.63) is 17.5 Å². The van der Waals surface area contributed by atoms with E-state index in [1.165, 1.54) is 5.69 Å². The zero-order valence-electron chi connectivity index (χ0n) is 10.0. The minimum Gasteiger partial charge on any atom is -0.300 e. The van der Waals surface area contributed by atoms with Crippen LogP contribution in [0.15, 0.2) is 6.07 Å². The Labute approximate surface area is 105 Å². The minimum atomic E-state index is 0.348. The van der Waals surface area contributed by atoms with Crippen LogP contribution in [0.25, 0.3) is 0 Å². The number of ketones is 1. The summed E-state index contributed by atoms with van der Waals surface area (Å²) in [7, 11) is 0. The summed E-state index contributed by atoms with van der Waals surface area (Å²) >= 11 is 3.33. The number of halogens is 1. The average Bonchev–Trinajstić information content (AvgIpc) is 2.64. The number of rotatable bonds is 7. The first kappa shape index (κ1) is 13.4. The molecule has 0 fully saturated rings. The van der Waals surface area contributed by atoms with E-state index in [0.29, 0.717) is 18.6 Å². The smallest absolute Gasteiger partial charge is 0.133 e. The number of aryl methyl sites for hydroxylation is 3. The van der Waals surface area contributed by atoms with Crippen molar-refractivity contribution in [2.75, 3.05) is 5.33 Å². The van der Waals surface area contributed by atoms with Crippen LogP contribution in [0, 0.1) is 6.92 Å². The third kappa shape index (κ3) is 4.08. The molecular weight excluding hydrogens is 268 g/mol. The molecule has 0 spiro atoms. The summed E-state index contributed by atoms with van der Waals surface area (Å²) in [4.78, 5) is 11.5. The van der Waals surface area contributed by atoms with Crippen LogP contribution in [-0.2, 0) is 17.8 Å². The van der Waals surface area contributed by atoms with Crippen molar-refractivity contribution in [1.82, 2.24) is 9.78 Å². The standard InChI is InChI=1S/C12H19BrN2O/c1-3-15-11(9-10(2)14-15)6-7-12(16)5-4-8-13/h9H,3-8H2,1-2H3. The van der Waals surface area contributed by atoms with Gasteiger partial charge in [-0.2, -0.15) is 5.10 Å². The molecule has 3 nitrogen and oxygen atoms in total. The van der Waals surface area contributed by atoms with E-state index in [4.69, 9.17) is 0 Å². The van der Waals surface area contributed by atoms with Crippen LogP contribution >= 0.6 is 15.9 Å². The van der Waals surface area contributed by atoms with Crippen LogP contribution in [0.4, 0.5) is 0 Å². The fraction of sp³-hybridized carbons (Fsp3) is 0.667. The molecule has 1 aromatic rings. The van der Waals surface area contributed by atoms with Crippen molar-refractivity contribution >= 4 is 21.7 Å². The number of Topliss-reactive ketones (excluding diaryl/α,β-unsaturated/α-hetero) is 1. The Morgan fingerprint density at radius 1 is 1.50 bits per heavy atom. The van der Waals surface area contributed by atoms with E-state index in [2.05, 4.69) is 34.0 Å². The summed E-state index contributed by atoms with van der Waals surface area (Å²) in [5, 5.41) is 5.27. The van der Waals surface area contributed by atoms with Gasteiger partial charge in [-0.1, -0.05) is 15.9 Å². The fourth-order valence-electron chi connectivity index (χ4n) is 1.73. The van der Waals surface area contributed by atoms with Crippen LogP contribution in [0.5, 0.6) is 0 Å². The number of nitrogens with zero attached hydrogens (tertiary/aromatic N) is 2. The van der Waals surface area contributed by atoms with E-state index in [9.17, 15) is 4.79 Å². The molecule has 1 aromatic heterocycles. The van der Waals surface area contributed by atoms with Crippen molar-refractivity contribution in [1.29, 1.82) is 0 Å². The summed E-state index contributed by atoms with van der Waals surface area (Å²) in [5.41, 5.74) is 2.21. The van der Waals surface area contributed by atoms with Gasteiger partial charge in [-0.25, -0.2) is 0 Å². The molecule has 0 saturated heterocycles. The predicted octanol–water partition coefficient (Wildman–Crippen LogP) is 2.89. The predicted molar refractivity (Wildman–Crippen MR) is 69.0 cm³/mol. The minimum absolute atomic E-state index is 0.348. The zero-order chi connectivity index (χ0) is 12.0. The molecule has 4 heteroatoms. The summed E-state index contributed by atoms with van der Waals surface area (Å²) in [6, 6.07) is 2.07. The highest BCUT2D eigenvalue weighted by Crippen LogP contribution is 2.08. The Morgan fingerprint density at radius 2 is 2.25 bits per heavy atom. The van der Waals surface area contributed by atoms with Gasteiger partial charge in [-0.3, -0.25) is 9.48 Å². The maximum atomic E-state index is 11.5. The second-order valence-electron chi connectivity index (χ2n) is 3.92. The van der Waals surface area contributed by atoms with Crippen LogP contribution in [0.3, 0.4) is 0 Å². The third-order valence-electron chi connectivity index (χ3n) is 2.53. The number of alkyl halides is 1. The average molecular weight is 287 g/mol. The summed E-state index contributed by atoms with van der Waals surface area (Å²) < 4.78 is 1.98. The van der Waals surface area contributed by atoms with Crippen molar-refractivity contribution in [2.24, 2.45) is 0 Å². The van der Waals surface area contributed by atoms with Gasteiger partial charge in [0, 0.05) is 30.4 Å². The van der Waals surface area contributed by atoms with Crippen LogP contribution < -0.4 is 0 Å². The summed E-state index contributed by atoms with van der Waals surface area (Å²) in [6.45, 7) is 4.93. The zero-order valence-corrected chi connectivity index (χ0v) is 11.6. The molecule has 0 bridgehead atoms. The highest BCUT2D eigenvalue weighted by Gasteiger charge is 2.07. The molecule has 16 heavy (non-hydrogen) atoms. The maximum absolute atomic E-state index is 11.5. The lowest BCUT2D eigenvalue weighted by molar-refractivity contribution is -0.119. The van der Waals surface area contributed by atoms with Crippen LogP contribution in [0.1, 0.15) is 37.6 Å². The largest absolute Gasteiger partial charge is 0.300 e. The molecule has 1 heterocycles. The van der Waals surface area contributed by atoms with Gasteiger partial charge in [-0.15, -0.1) is 0 Å². The highest BCUT2D eigenvalue weighted by molar-refractivity contribution is 9.09. The quantitative estimate of drug-likeness (QED) is 0.723. The topological polar surface area (TPSA) is 34.9 Å². The van der Waals surface area contributed by atoms with Gasteiger partial charge in [0.2, 0.25) is 0 Å². The maximum Gasteiger partial charge on any atom is 0.133 e. The van der Waals surface area contributed by atoms with E-state index >= 15 is 0 Å². The van der Waals surface area contributed by atoms with E-state index in [0.717, 1.165) is 30.4 Å². The number of carbonyl (C=O) groups is 1. The first-order chi connectivity index (χ1) is 7.67. The molecule has 0 radical (unpaired) electrons. The number of hydrogen-bond acceptors (Lipinski definition) is 2. The number of aromatic nitrogens is 2. The molecule has 0 atom stereocenters. The second kappa shape index (κ2) is 6.84. The molecule has 0 N–H and O–H groups in total. The van der Waals surface area contributed by atoms with Crippen LogP contribution in [0.2, 0.25) is 0 Å². The molecule has 0 unspecified atom stereocenters. The molecule has 0 saturated carbocycles. The van der Waals surface area contributed by atoms with Gasteiger partial charge in [0.05, 0.1) is 5.69 Å². The van der Waals surface area contributed by atoms with E-state index in [1.54, 1.807) is 0 Å². The second-order valence-corrected chi connectivity index (χ2v) is 4.72. The van der Waals surface area contributed by atoms with Crippen molar-refractivity contribution in [3.8, 4) is 0 Å². The molecular formula is C12H19BrN2O. The number of carbonyl (C=O) groups excluding carboxylic acids is 1. The lowest BCUT2D eigenvalue weighted by Crippen LogP contribution is -2.06. The van der Waals surface area contributed by atoms with Crippen LogP contribution in [-0.4, -0.2) is 20.9 Å². The highest BCUT2D eigenvalue weighted by atomic mass is 79.9. The monoisotopic (exact) mass is 286 g/mol. The first-order valence-electron chi connectivity index (χ1n) is 5.78. The molecule has 0 amide bonds. The SMILES string of the molecule is CCn1nc(C)cc1CCC(=O)CCCBr. The van der Waals surface area contributed by atoms with Gasteiger partial charge in [-0.05, 0) is 32.8 Å². The van der Waals surface area contributed by atoms with Gasteiger partial charge >= 0.3 is 0 Å². The molecule has 0 aliphatic carbocycles. The Morgan fingerprint density at radius 3 is 2.88 bits per heavy atom. The Balaban J connectivity index is 2.44. The summed E-state index contributed by atoms with van der Waals surface area (Å²) in [6.07, 6.45) is 3.07. The third-order valence-corrected chi connectivity index (χ3v) is 3.09. The Bertz CT molecular complexity index is 347. The van der Waals surface area contributed by atoms with E-state index in [1.807, 2.05) is 11.6 Å². The molecule has 0 aliphatic heterocycles. The Hall–Kier alpha value is -0.640. The summed E-state index contributed by atoms with van der Waals surface area (Å²) in [5.74, 6) is 0.348. The lowest BCUT2D eigenvalue weighted by atomic mass is 10.1. The van der Waals surface area contributed by atoms with E-state index in [-0.39, 0.29) is 0 Å². The van der Waals surface area contributed by atoms with Gasteiger partial charge < -0.3 is 0 Å². The Kier molecular flexibility index (Phi) is 5.74. The van der Waals surface area contributed by atoms with E-state index < -0.39 is 0 Å². The molecule has 1 rings (SSSR count). The van der Waals surface area contributed by atoms with Gasteiger partial charge in [0.15, 0.2) is 0 Å². The molecule has 0 aromatic carbocycles. The van der Waals surface area contributed by atoms with Gasteiger partial charge in [0.1, 0.15) is 5.78 Å². The van der Waals surface area contributed by atoms with Crippen molar-refractivity contribution in [3.63, 3.8) is 0 Å². The normalized spacial score (nSPS) is 10.7. The first-order valence-corrected chi connectivity index (χ1v) is 6.90.